The third kappa shape index (κ3) is 25.3. The number of nitrogens with zero attached hydrogens (tertiary/aromatic N) is 1. The molecular weight excluding hydrogens is 509 g/mol. The first-order valence-corrected chi connectivity index (χ1v) is 17.8. The maximum atomic E-state index is 11.6. The molecule has 0 aromatic rings. The van der Waals surface area contributed by atoms with Crippen LogP contribution in [0, 0.1) is 5.92 Å². The van der Waals surface area contributed by atoms with Gasteiger partial charge in [0.25, 0.3) is 0 Å². The van der Waals surface area contributed by atoms with Crippen molar-refractivity contribution in [2.75, 3.05) is 46.1 Å². The van der Waals surface area contributed by atoms with Gasteiger partial charge in [-0.2, -0.15) is 0 Å². The average molecular weight is 574 g/mol. The Labute approximate surface area is 243 Å². The van der Waals surface area contributed by atoms with Crippen molar-refractivity contribution < 1.29 is 23.5 Å². The van der Waals surface area contributed by atoms with E-state index < -0.39 is 8.60 Å². The van der Waals surface area contributed by atoms with Gasteiger partial charge in [-0.15, -0.1) is 0 Å². The second-order valence-electron chi connectivity index (χ2n) is 11.8. The molecule has 7 heteroatoms. The zero-order valence-electron chi connectivity index (χ0n) is 25.9. The van der Waals surface area contributed by atoms with Crippen LogP contribution in [0.2, 0.25) is 0 Å². The van der Waals surface area contributed by atoms with Gasteiger partial charge in [-0.25, -0.2) is 0 Å². The second-order valence-corrected chi connectivity index (χ2v) is 12.8. The van der Waals surface area contributed by atoms with Crippen LogP contribution in [-0.4, -0.2) is 61.6 Å². The number of hydrogen-bond acceptors (Lipinski definition) is 6. The summed E-state index contributed by atoms with van der Waals surface area (Å²) in [6.45, 7) is 8.95. The van der Waals surface area contributed by atoms with Crippen molar-refractivity contribution in [3.63, 3.8) is 0 Å². The number of ether oxygens (including phenoxy) is 1. The zero-order valence-corrected chi connectivity index (χ0v) is 26.7. The van der Waals surface area contributed by atoms with Crippen LogP contribution in [0.4, 0.5) is 0 Å². The number of rotatable bonds is 30. The van der Waals surface area contributed by atoms with E-state index in [4.69, 9.17) is 13.8 Å². The molecule has 2 atom stereocenters. The van der Waals surface area contributed by atoms with Crippen LogP contribution in [0.1, 0.15) is 149 Å². The van der Waals surface area contributed by atoms with Gasteiger partial charge in [0.15, 0.2) is 0 Å². The lowest BCUT2D eigenvalue weighted by Gasteiger charge is -2.19. The number of unbranched alkanes of at least 4 members (excludes halogenated alkanes) is 17. The molecule has 0 aromatic carbocycles. The fourth-order valence-corrected chi connectivity index (χ4v) is 6.04. The second kappa shape index (κ2) is 28.0. The molecule has 0 aliphatic carbocycles. The zero-order chi connectivity index (χ0) is 28.2. The molecule has 1 saturated heterocycles. The Morgan fingerprint density at radius 2 is 1.21 bits per heavy atom. The average Bonchev–Trinajstić information content (AvgIpc) is 3.44. The molecule has 1 aliphatic heterocycles. The van der Waals surface area contributed by atoms with Gasteiger partial charge in [-0.3, -0.25) is 0 Å². The van der Waals surface area contributed by atoms with Crippen LogP contribution in [0.25, 0.3) is 0 Å². The number of ketones is 1. The summed E-state index contributed by atoms with van der Waals surface area (Å²) in [5, 5.41) is 0. The monoisotopic (exact) mass is 573 g/mol. The Bertz CT molecular complexity index is 533. The standard InChI is InChI=1S/C32H64NO5P/c1-3-4-5-6-7-8-9-10-11-12-13-14-15-16-17-18-19-22-26-36-29-32(28-31(2)34)30-38-39(35)37-27-25-33-23-20-21-24-33/h32,35H,3-30H2,1-2H3. The first kappa shape index (κ1) is 36.9. The Morgan fingerprint density at radius 1 is 0.718 bits per heavy atom. The molecule has 0 spiro atoms. The summed E-state index contributed by atoms with van der Waals surface area (Å²) in [6, 6.07) is 0. The van der Waals surface area contributed by atoms with Gasteiger partial charge in [-0.1, -0.05) is 116 Å². The summed E-state index contributed by atoms with van der Waals surface area (Å²) in [6.07, 6.45) is 27.6. The number of hydrogen-bond donors (Lipinski definition) is 1. The van der Waals surface area contributed by atoms with E-state index >= 15 is 0 Å². The smallest absolute Gasteiger partial charge is 0.329 e. The lowest BCUT2D eigenvalue weighted by atomic mass is 10.0. The van der Waals surface area contributed by atoms with E-state index in [0.717, 1.165) is 32.7 Å². The molecule has 232 valence electrons. The third-order valence-electron chi connectivity index (χ3n) is 7.80. The first-order valence-electron chi connectivity index (χ1n) is 16.7. The molecule has 1 fully saturated rings. The third-order valence-corrected chi connectivity index (χ3v) is 8.57. The summed E-state index contributed by atoms with van der Waals surface area (Å²) >= 11 is 0. The van der Waals surface area contributed by atoms with Crippen LogP contribution < -0.4 is 0 Å². The Kier molecular flexibility index (Phi) is 26.5. The van der Waals surface area contributed by atoms with Gasteiger partial charge in [-0.05, 0) is 39.3 Å². The molecule has 1 rings (SSSR count). The lowest BCUT2D eigenvalue weighted by molar-refractivity contribution is -0.118. The van der Waals surface area contributed by atoms with Crippen LogP contribution in [-0.2, 0) is 18.6 Å². The number of Topliss-reactive ketones (excluding diaryl/α,β-unsaturated/α-hetero) is 1. The van der Waals surface area contributed by atoms with Crippen LogP contribution >= 0.6 is 8.60 Å². The van der Waals surface area contributed by atoms with E-state index in [1.165, 1.54) is 122 Å². The molecule has 0 saturated carbocycles. The molecule has 0 bridgehead atoms. The summed E-state index contributed by atoms with van der Waals surface area (Å²) in [5.74, 6) is 0.0926. The largest absolute Gasteiger partial charge is 0.381 e. The number of likely N-dealkylation sites (tertiary alicyclic amines) is 1. The summed E-state index contributed by atoms with van der Waals surface area (Å²) in [7, 11) is -1.89. The maximum absolute atomic E-state index is 11.6. The summed E-state index contributed by atoms with van der Waals surface area (Å²) in [4.78, 5) is 24.0. The van der Waals surface area contributed by atoms with Crippen molar-refractivity contribution >= 4 is 14.4 Å². The molecule has 39 heavy (non-hydrogen) atoms. The molecule has 6 nitrogen and oxygen atoms in total. The topological polar surface area (TPSA) is 68.2 Å². The van der Waals surface area contributed by atoms with E-state index in [9.17, 15) is 9.69 Å². The van der Waals surface area contributed by atoms with Crippen molar-refractivity contribution in [1.82, 2.24) is 4.90 Å². The van der Waals surface area contributed by atoms with Crippen LogP contribution in [0.3, 0.4) is 0 Å². The van der Waals surface area contributed by atoms with E-state index in [1.807, 2.05) is 0 Å². The minimum Gasteiger partial charge on any atom is -0.381 e. The van der Waals surface area contributed by atoms with Gasteiger partial charge in [0, 0.05) is 25.5 Å². The van der Waals surface area contributed by atoms with E-state index in [1.54, 1.807) is 6.92 Å². The highest BCUT2D eigenvalue weighted by Gasteiger charge is 2.17. The van der Waals surface area contributed by atoms with Gasteiger partial charge in [0.1, 0.15) is 5.78 Å². The molecule has 0 aromatic heterocycles. The van der Waals surface area contributed by atoms with Gasteiger partial charge < -0.3 is 28.4 Å². The molecule has 1 heterocycles. The predicted molar refractivity (Wildman–Crippen MR) is 165 cm³/mol. The predicted octanol–water partition coefficient (Wildman–Crippen LogP) is 8.99. The highest BCUT2D eigenvalue weighted by molar-refractivity contribution is 7.40. The molecular formula is C32H64NO5P. The highest BCUT2D eigenvalue weighted by atomic mass is 31.2. The Hall–Kier alpha value is -0.100. The SMILES string of the molecule is CCCCCCCCCCCCCCCCCCCCOCC(COP(O)OCCN1CCCC1)CC(C)=O. The fourth-order valence-electron chi connectivity index (χ4n) is 5.39. The normalized spacial score (nSPS) is 15.7. The fraction of sp³-hybridized carbons (Fsp3) is 0.969. The number of carbonyl (C=O) groups is 1. The van der Waals surface area contributed by atoms with E-state index in [2.05, 4.69) is 11.8 Å². The van der Waals surface area contributed by atoms with Gasteiger partial charge >= 0.3 is 8.60 Å². The Morgan fingerprint density at radius 3 is 1.69 bits per heavy atom. The highest BCUT2D eigenvalue weighted by Crippen LogP contribution is 2.33. The minimum atomic E-state index is -1.89. The lowest BCUT2D eigenvalue weighted by Crippen LogP contribution is -2.23. The molecule has 2 unspecified atom stereocenters. The van der Waals surface area contributed by atoms with Crippen LogP contribution in [0.5, 0.6) is 0 Å². The molecule has 1 N–H and O–H groups in total. The first-order chi connectivity index (χ1) is 19.1. The van der Waals surface area contributed by atoms with Crippen molar-refractivity contribution in [2.24, 2.45) is 5.92 Å². The quantitative estimate of drug-likeness (QED) is 0.0683. The van der Waals surface area contributed by atoms with Gasteiger partial charge in [0.05, 0.1) is 19.8 Å². The van der Waals surface area contributed by atoms with Crippen LogP contribution in [0.15, 0.2) is 0 Å². The minimum absolute atomic E-state index is 0.0302. The Balaban J connectivity index is 1.86. The van der Waals surface area contributed by atoms with Crippen molar-refractivity contribution in [1.29, 1.82) is 0 Å². The summed E-state index contributed by atoms with van der Waals surface area (Å²) < 4.78 is 16.8. The van der Waals surface area contributed by atoms with E-state index in [-0.39, 0.29) is 11.7 Å². The molecule has 0 radical (unpaired) electrons. The molecule has 0 amide bonds. The maximum Gasteiger partial charge on any atom is 0.329 e. The van der Waals surface area contributed by atoms with Crippen molar-refractivity contribution in [2.45, 2.75) is 149 Å². The van der Waals surface area contributed by atoms with Gasteiger partial charge in [0.2, 0.25) is 0 Å². The summed E-state index contributed by atoms with van der Waals surface area (Å²) in [5.41, 5.74) is 0. The molecule has 1 aliphatic rings. The van der Waals surface area contributed by atoms with E-state index in [0.29, 0.717) is 26.2 Å². The number of carbonyl (C=O) groups excluding carboxylic acids is 1. The van der Waals surface area contributed by atoms with Crippen molar-refractivity contribution in [3.05, 3.63) is 0 Å². The van der Waals surface area contributed by atoms with Crippen molar-refractivity contribution in [3.8, 4) is 0 Å².